The van der Waals surface area contributed by atoms with Crippen molar-refractivity contribution in [3.05, 3.63) is 78.6 Å². The summed E-state index contributed by atoms with van der Waals surface area (Å²) in [4.78, 5) is 31.5. The summed E-state index contributed by atoms with van der Waals surface area (Å²) < 4.78 is 0. The fourth-order valence-corrected chi connectivity index (χ4v) is 3.64. The fraction of sp³-hybridized carbons (Fsp3) is 0.261. The summed E-state index contributed by atoms with van der Waals surface area (Å²) in [6.45, 7) is 1.55. The van der Waals surface area contributed by atoms with E-state index in [0.717, 1.165) is 43.6 Å². The Morgan fingerprint density at radius 1 is 1.13 bits per heavy atom. The Bertz CT molecular complexity index is 993. The molecule has 1 N–H and O–H groups in total. The van der Waals surface area contributed by atoms with Gasteiger partial charge >= 0.3 is 0 Å². The number of nitrogens with one attached hydrogen (secondary N) is 1. The minimum absolute atomic E-state index is 0.0660. The molecular weight excluding hydrogens is 376 g/mol. The van der Waals surface area contributed by atoms with E-state index in [4.69, 9.17) is 0 Å². The van der Waals surface area contributed by atoms with Crippen LogP contribution in [-0.2, 0) is 11.2 Å². The molecule has 7 heteroatoms. The highest BCUT2D eigenvalue weighted by Crippen LogP contribution is 2.22. The van der Waals surface area contributed by atoms with Gasteiger partial charge in [-0.1, -0.05) is 30.3 Å². The first-order chi connectivity index (χ1) is 14.8. The van der Waals surface area contributed by atoms with Gasteiger partial charge in [-0.2, -0.15) is 0 Å². The SMILES string of the molecule is O=C(/C=C/c1ccccc1)N1CCC[C@@H](Cc2cc(Nc3cnccn3)ncn2)C1. The van der Waals surface area contributed by atoms with Gasteiger partial charge in [0.1, 0.15) is 18.0 Å². The summed E-state index contributed by atoms with van der Waals surface area (Å²) in [5.74, 6) is 1.78. The monoisotopic (exact) mass is 400 g/mol. The molecule has 30 heavy (non-hydrogen) atoms. The number of nitrogens with zero attached hydrogens (tertiary/aromatic N) is 5. The molecular formula is C23H24N6O. The molecule has 0 unspecified atom stereocenters. The molecule has 1 saturated heterocycles. The summed E-state index contributed by atoms with van der Waals surface area (Å²) in [5.41, 5.74) is 1.99. The number of amides is 1. The molecule has 7 nitrogen and oxygen atoms in total. The van der Waals surface area contributed by atoms with Gasteiger partial charge in [0.05, 0.1) is 6.20 Å². The smallest absolute Gasteiger partial charge is 0.246 e. The maximum absolute atomic E-state index is 12.6. The lowest BCUT2D eigenvalue weighted by molar-refractivity contribution is -0.127. The molecule has 0 saturated carbocycles. The van der Waals surface area contributed by atoms with E-state index >= 15 is 0 Å². The topological polar surface area (TPSA) is 83.9 Å². The van der Waals surface area contributed by atoms with Gasteiger partial charge < -0.3 is 10.2 Å². The molecule has 0 spiro atoms. The molecule has 0 bridgehead atoms. The molecule has 1 fully saturated rings. The fourth-order valence-electron chi connectivity index (χ4n) is 3.64. The molecule has 4 rings (SSSR count). The van der Waals surface area contributed by atoms with Crippen LogP contribution in [0.15, 0.2) is 67.4 Å². The van der Waals surface area contributed by atoms with E-state index in [-0.39, 0.29) is 5.91 Å². The van der Waals surface area contributed by atoms with E-state index in [0.29, 0.717) is 17.6 Å². The van der Waals surface area contributed by atoms with Crippen LogP contribution in [0.5, 0.6) is 0 Å². The molecule has 1 aliphatic heterocycles. The highest BCUT2D eigenvalue weighted by Gasteiger charge is 2.23. The second-order valence-electron chi connectivity index (χ2n) is 7.35. The number of rotatable bonds is 6. The van der Waals surface area contributed by atoms with E-state index in [9.17, 15) is 4.79 Å². The maximum atomic E-state index is 12.6. The van der Waals surface area contributed by atoms with Crippen molar-refractivity contribution in [2.45, 2.75) is 19.3 Å². The maximum Gasteiger partial charge on any atom is 0.246 e. The number of aromatic nitrogens is 4. The van der Waals surface area contributed by atoms with Gasteiger partial charge in [0.15, 0.2) is 0 Å². The standard InChI is InChI=1S/C23H24N6O/c30-23(9-8-18-5-2-1-3-6-18)29-12-4-7-19(16-29)13-20-14-21(27-17-26-20)28-22-15-24-10-11-25-22/h1-3,5-6,8-11,14-15,17,19H,4,7,12-13,16H2,(H,25,26,27,28)/b9-8+/t19-/m0/s1. The number of hydrogen-bond donors (Lipinski definition) is 1. The van der Waals surface area contributed by atoms with Gasteiger partial charge in [-0.3, -0.25) is 9.78 Å². The van der Waals surface area contributed by atoms with Crippen molar-refractivity contribution in [1.82, 2.24) is 24.8 Å². The molecule has 0 aliphatic carbocycles. The number of carbonyl (C=O) groups is 1. The highest BCUT2D eigenvalue weighted by atomic mass is 16.2. The summed E-state index contributed by atoms with van der Waals surface area (Å²) in [6, 6.07) is 11.8. The van der Waals surface area contributed by atoms with Crippen molar-refractivity contribution in [3.63, 3.8) is 0 Å². The van der Waals surface area contributed by atoms with Gasteiger partial charge in [0, 0.05) is 43.3 Å². The van der Waals surface area contributed by atoms with Crippen molar-refractivity contribution >= 4 is 23.6 Å². The van der Waals surface area contributed by atoms with Crippen LogP contribution in [0.3, 0.4) is 0 Å². The lowest BCUT2D eigenvalue weighted by Gasteiger charge is -2.32. The van der Waals surface area contributed by atoms with E-state index in [1.165, 1.54) is 0 Å². The molecule has 1 aliphatic rings. The lowest BCUT2D eigenvalue weighted by Crippen LogP contribution is -2.39. The summed E-state index contributed by atoms with van der Waals surface area (Å²) in [6.07, 6.45) is 12.9. The molecule has 152 valence electrons. The Kier molecular flexibility index (Phi) is 6.39. The van der Waals surface area contributed by atoms with Crippen molar-refractivity contribution in [3.8, 4) is 0 Å². The molecule has 3 heterocycles. The zero-order valence-corrected chi connectivity index (χ0v) is 16.7. The van der Waals surface area contributed by atoms with Crippen LogP contribution in [0, 0.1) is 5.92 Å². The molecule has 1 aromatic carbocycles. The van der Waals surface area contributed by atoms with Gasteiger partial charge in [-0.05, 0) is 36.8 Å². The van der Waals surface area contributed by atoms with Crippen LogP contribution in [0.1, 0.15) is 24.1 Å². The highest BCUT2D eigenvalue weighted by molar-refractivity contribution is 5.91. The lowest BCUT2D eigenvalue weighted by atomic mass is 9.93. The first kappa shape index (κ1) is 19.7. The Labute approximate surface area is 175 Å². The van der Waals surface area contributed by atoms with Gasteiger partial charge in [0.2, 0.25) is 5.91 Å². The zero-order chi connectivity index (χ0) is 20.6. The Hall–Kier alpha value is -3.61. The largest absolute Gasteiger partial charge is 0.339 e. The van der Waals surface area contributed by atoms with E-state index in [1.807, 2.05) is 47.4 Å². The molecule has 3 aromatic rings. The second kappa shape index (κ2) is 9.73. The minimum atomic E-state index is 0.0660. The van der Waals surface area contributed by atoms with E-state index in [1.54, 1.807) is 31.0 Å². The van der Waals surface area contributed by atoms with Crippen LogP contribution in [0.2, 0.25) is 0 Å². The third kappa shape index (κ3) is 5.47. The number of anilines is 2. The number of piperidine rings is 1. The summed E-state index contributed by atoms with van der Waals surface area (Å²) >= 11 is 0. The van der Waals surface area contributed by atoms with Gasteiger partial charge in [-0.15, -0.1) is 0 Å². The third-order valence-electron chi connectivity index (χ3n) is 5.09. The van der Waals surface area contributed by atoms with E-state index < -0.39 is 0 Å². The minimum Gasteiger partial charge on any atom is -0.339 e. The Morgan fingerprint density at radius 2 is 2.03 bits per heavy atom. The first-order valence-electron chi connectivity index (χ1n) is 10.1. The first-order valence-corrected chi connectivity index (χ1v) is 10.1. The molecule has 1 atom stereocenters. The molecule has 0 radical (unpaired) electrons. The van der Waals surface area contributed by atoms with Crippen LogP contribution in [0.4, 0.5) is 11.6 Å². The van der Waals surface area contributed by atoms with Crippen molar-refractivity contribution in [1.29, 1.82) is 0 Å². The quantitative estimate of drug-likeness (QED) is 0.638. The van der Waals surface area contributed by atoms with Crippen LogP contribution in [0.25, 0.3) is 6.08 Å². The third-order valence-corrected chi connectivity index (χ3v) is 5.09. The Morgan fingerprint density at radius 3 is 2.87 bits per heavy atom. The average molecular weight is 400 g/mol. The van der Waals surface area contributed by atoms with Crippen LogP contribution in [-0.4, -0.2) is 43.8 Å². The second-order valence-corrected chi connectivity index (χ2v) is 7.35. The van der Waals surface area contributed by atoms with Crippen molar-refractivity contribution in [2.75, 3.05) is 18.4 Å². The summed E-state index contributed by atoms with van der Waals surface area (Å²) in [5, 5.41) is 3.14. The predicted octanol–water partition coefficient (Wildman–Crippen LogP) is 3.50. The van der Waals surface area contributed by atoms with E-state index in [2.05, 4.69) is 25.3 Å². The van der Waals surface area contributed by atoms with Gasteiger partial charge in [0.25, 0.3) is 0 Å². The zero-order valence-electron chi connectivity index (χ0n) is 16.7. The average Bonchev–Trinajstić information content (AvgIpc) is 2.79. The molecule has 2 aromatic heterocycles. The van der Waals surface area contributed by atoms with Crippen molar-refractivity contribution < 1.29 is 4.79 Å². The Balaban J connectivity index is 1.35. The van der Waals surface area contributed by atoms with Gasteiger partial charge in [-0.25, -0.2) is 15.0 Å². The predicted molar refractivity (Wildman–Crippen MR) is 116 cm³/mol. The number of hydrogen-bond acceptors (Lipinski definition) is 6. The summed E-state index contributed by atoms with van der Waals surface area (Å²) in [7, 11) is 0. The van der Waals surface area contributed by atoms with Crippen LogP contribution >= 0.6 is 0 Å². The van der Waals surface area contributed by atoms with Crippen molar-refractivity contribution in [2.24, 2.45) is 5.92 Å². The number of likely N-dealkylation sites (tertiary alicyclic amines) is 1. The number of carbonyl (C=O) groups excluding carboxylic acids is 1. The number of benzene rings is 1. The molecule has 1 amide bonds. The van der Waals surface area contributed by atoms with Crippen LogP contribution < -0.4 is 5.32 Å². The normalized spacial score (nSPS) is 16.5.